The SMILES string of the molecule is Cc1cnn(C)c1C(=O)N1CCC(c2nc(-c3ccccn3)no2)CC1. The Labute approximate surface area is 150 Å². The Kier molecular flexibility index (Phi) is 4.24. The Morgan fingerprint density at radius 2 is 2.08 bits per heavy atom. The number of piperidine rings is 1. The van der Waals surface area contributed by atoms with Gasteiger partial charge >= 0.3 is 0 Å². The van der Waals surface area contributed by atoms with Crippen molar-refractivity contribution >= 4 is 5.91 Å². The van der Waals surface area contributed by atoms with Crippen molar-refractivity contribution in [2.24, 2.45) is 7.05 Å². The summed E-state index contributed by atoms with van der Waals surface area (Å²) in [6.45, 7) is 3.23. The lowest BCUT2D eigenvalue weighted by atomic mass is 9.96. The average Bonchev–Trinajstić information content (AvgIpc) is 3.29. The molecule has 3 aromatic heterocycles. The lowest BCUT2D eigenvalue weighted by Crippen LogP contribution is -2.39. The molecule has 0 aromatic carbocycles. The molecule has 8 nitrogen and oxygen atoms in total. The molecule has 1 saturated heterocycles. The van der Waals surface area contributed by atoms with Crippen LogP contribution in [-0.4, -0.2) is 48.8 Å². The van der Waals surface area contributed by atoms with Crippen LogP contribution in [-0.2, 0) is 7.05 Å². The van der Waals surface area contributed by atoms with Gasteiger partial charge < -0.3 is 9.42 Å². The molecule has 1 amide bonds. The summed E-state index contributed by atoms with van der Waals surface area (Å²) >= 11 is 0. The van der Waals surface area contributed by atoms with Gasteiger partial charge in [0.2, 0.25) is 11.7 Å². The van der Waals surface area contributed by atoms with Crippen LogP contribution in [0.4, 0.5) is 0 Å². The summed E-state index contributed by atoms with van der Waals surface area (Å²) in [5.74, 6) is 1.32. The van der Waals surface area contributed by atoms with Crippen molar-refractivity contribution < 1.29 is 9.32 Å². The van der Waals surface area contributed by atoms with Crippen LogP contribution in [0.5, 0.6) is 0 Å². The molecule has 4 heterocycles. The van der Waals surface area contributed by atoms with Crippen molar-refractivity contribution in [3.05, 3.63) is 47.7 Å². The van der Waals surface area contributed by atoms with Gasteiger partial charge in [-0.05, 0) is 37.5 Å². The second-order valence-electron chi connectivity index (χ2n) is 6.54. The summed E-state index contributed by atoms with van der Waals surface area (Å²) in [5.41, 5.74) is 2.25. The summed E-state index contributed by atoms with van der Waals surface area (Å²) in [6, 6.07) is 5.59. The third kappa shape index (κ3) is 2.98. The molecule has 0 atom stereocenters. The number of hydrogen-bond acceptors (Lipinski definition) is 6. The molecule has 1 aliphatic heterocycles. The standard InChI is InChI=1S/C18H20N6O2/c1-12-11-20-23(2)15(12)18(25)24-9-6-13(7-10-24)17-21-16(22-26-17)14-5-3-4-8-19-14/h3-5,8,11,13H,6-7,9-10H2,1-2H3. The van der Waals surface area contributed by atoms with Crippen molar-refractivity contribution in [2.45, 2.75) is 25.7 Å². The minimum Gasteiger partial charge on any atom is -0.339 e. The van der Waals surface area contributed by atoms with Gasteiger partial charge in [-0.3, -0.25) is 14.5 Å². The highest BCUT2D eigenvalue weighted by Gasteiger charge is 2.29. The van der Waals surface area contributed by atoms with E-state index in [1.807, 2.05) is 30.0 Å². The molecule has 0 bridgehead atoms. The van der Waals surface area contributed by atoms with Gasteiger partial charge in [-0.2, -0.15) is 10.1 Å². The number of pyridine rings is 1. The molecular weight excluding hydrogens is 332 g/mol. The molecule has 1 fully saturated rings. The molecule has 1 aliphatic rings. The Hall–Kier alpha value is -3.03. The van der Waals surface area contributed by atoms with Gasteiger partial charge in [0.15, 0.2) is 0 Å². The first-order valence-corrected chi connectivity index (χ1v) is 8.66. The number of aromatic nitrogens is 5. The molecule has 0 unspecified atom stereocenters. The average molecular weight is 352 g/mol. The molecule has 0 aliphatic carbocycles. The molecule has 0 saturated carbocycles. The highest BCUT2D eigenvalue weighted by atomic mass is 16.5. The monoisotopic (exact) mass is 352 g/mol. The van der Waals surface area contributed by atoms with Crippen molar-refractivity contribution in [3.63, 3.8) is 0 Å². The highest BCUT2D eigenvalue weighted by molar-refractivity contribution is 5.94. The Bertz CT molecular complexity index is 889. The van der Waals surface area contributed by atoms with Crippen LogP contribution in [0, 0.1) is 6.92 Å². The maximum absolute atomic E-state index is 12.7. The van der Waals surface area contributed by atoms with Crippen molar-refractivity contribution in [3.8, 4) is 11.5 Å². The van der Waals surface area contributed by atoms with Crippen LogP contribution in [0.3, 0.4) is 0 Å². The molecule has 134 valence electrons. The van der Waals surface area contributed by atoms with E-state index in [1.165, 1.54) is 0 Å². The van der Waals surface area contributed by atoms with Gasteiger partial charge in [-0.25, -0.2) is 0 Å². The van der Waals surface area contributed by atoms with Gasteiger partial charge in [-0.1, -0.05) is 11.2 Å². The van der Waals surface area contributed by atoms with Gasteiger partial charge in [0.1, 0.15) is 11.4 Å². The zero-order valence-corrected chi connectivity index (χ0v) is 14.8. The van der Waals surface area contributed by atoms with Crippen molar-refractivity contribution in [2.75, 3.05) is 13.1 Å². The predicted octanol–water partition coefficient (Wildman–Crippen LogP) is 2.19. The maximum Gasteiger partial charge on any atom is 0.272 e. The molecule has 0 radical (unpaired) electrons. The minimum absolute atomic E-state index is 0.0284. The molecule has 26 heavy (non-hydrogen) atoms. The van der Waals surface area contributed by atoms with E-state index in [0.29, 0.717) is 36.2 Å². The third-order valence-electron chi connectivity index (χ3n) is 4.79. The molecule has 0 N–H and O–H groups in total. The smallest absolute Gasteiger partial charge is 0.272 e. The maximum atomic E-state index is 12.7. The van der Waals surface area contributed by atoms with Crippen molar-refractivity contribution in [1.29, 1.82) is 0 Å². The number of rotatable bonds is 3. The number of amides is 1. The fourth-order valence-corrected chi connectivity index (χ4v) is 3.33. The third-order valence-corrected chi connectivity index (χ3v) is 4.79. The van der Waals surface area contributed by atoms with E-state index in [9.17, 15) is 4.79 Å². The molecule has 0 spiro atoms. The van der Waals surface area contributed by atoms with Gasteiger partial charge in [0, 0.05) is 32.3 Å². The zero-order valence-electron chi connectivity index (χ0n) is 14.8. The van der Waals surface area contributed by atoms with Crippen molar-refractivity contribution in [1.82, 2.24) is 29.8 Å². The Balaban J connectivity index is 1.43. The quantitative estimate of drug-likeness (QED) is 0.718. The Morgan fingerprint density at radius 1 is 1.27 bits per heavy atom. The number of carbonyl (C=O) groups excluding carboxylic acids is 1. The summed E-state index contributed by atoms with van der Waals surface area (Å²) < 4.78 is 7.09. The van der Waals surface area contributed by atoms with E-state index in [2.05, 4.69) is 20.2 Å². The van der Waals surface area contributed by atoms with Crippen LogP contribution >= 0.6 is 0 Å². The largest absolute Gasteiger partial charge is 0.339 e. The van der Waals surface area contributed by atoms with Crippen LogP contribution in [0.25, 0.3) is 11.5 Å². The minimum atomic E-state index is 0.0284. The number of aryl methyl sites for hydroxylation is 2. The Morgan fingerprint density at radius 3 is 2.73 bits per heavy atom. The number of carbonyl (C=O) groups is 1. The highest BCUT2D eigenvalue weighted by Crippen LogP contribution is 2.29. The molecule has 8 heteroatoms. The normalized spacial score (nSPS) is 15.4. The number of hydrogen-bond donors (Lipinski definition) is 0. The van der Waals surface area contributed by atoms with Gasteiger partial charge in [-0.15, -0.1) is 0 Å². The van der Waals surface area contributed by atoms with E-state index in [-0.39, 0.29) is 11.8 Å². The van der Waals surface area contributed by atoms with Crippen LogP contribution in [0.15, 0.2) is 35.1 Å². The predicted molar refractivity (Wildman–Crippen MR) is 93.4 cm³/mol. The fraction of sp³-hybridized carbons (Fsp3) is 0.389. The molecular formula is C18H20N6O2. The summed E-state index contributed by atoms with van der Waals surface area (Å²) in [6.07, 6.45) is 5.02. The first kappa shape index (κ1) is 16.4. The number of likely N-dealkylation sites (tertiary alicyclic amines) is 1. The van der Waals surface area contributed by atoms with E-state index in [0.717, 1.165) is 18.4 Å². The lowest BCUT2D eigenvalue weighted by molar-refractivity contribution is 0.0692. The van der Waals surface area contributed by atoms with E-state index in [1.54, 1.807) is 24.1 Å². The number of nitrogens with zero attached hydrogens (tertiary/aromatic N) is 6. The van der Waals surface area contributed by atoms with Crippen LogP contribution < -0.4 is 0 Å². The van der Waals surface area contributed by atoms with Gasteiger partial charge in [0.25, 0.3) is 5.91 Å². The van der Waals surface area contributed by atoms with E-state index < -0.39 is 0 Å². The van der Waals surface area contributed by atoms with E-state index >= 15 is 0 Å². The molecule has 4 rings (SSSR count). The first-order valence-electron chi connectivity index (χ1n) is 8.66. The first-order chi connectivity index (χ1) is 12.6. The van der Waals surface area contributed by atoms with Gasteiger partial charge in [0.05, 0.1) is 6.20 Å². The summed E-state index contributed by atoms with van der Waals surface area (Å²) in [7, 11) is 1.80. The topological polar surface area (TPSA) is 89.9 Å². The second kappa shape index (κ2) is 6.70. The zero-order chi connectivity index (χ0) is 18.1. The van der Waals surface area contributed by atoms with Crippen LogP contribution in [0.1, 0.15) is 40.7 Å². The summed E-state index contributed by atoms with van der Waals surface area (Å²) in [4.78, 5) is 23.3. The van der Waals surface area contributed by atoms with E-state index in [4.69, 9.17) is 4.52 Å². The lowest BCUT2D eigenvalue weighted by Gasteiger charge is -2.30. The molecule has 3 aromatic rings. The second-order valence-corrected chi connectivity index (χ2v) is 6.54. The van der Waals surface area contributed by atoms with Crippen LogP contribution in [0.2, 0.25) is 0 Å². The summed E-state index contributed by atoms with van der Waals surface area (Å²) in [5, 5.41) is 8.19. The fourth-order valence-electron chi connectivity index (χ4n) is 3.33.